The van der Waals surface area contributed by atoms with Gasteiger partial charge in [0.25, 0.3) is 0 Å². The van der Waals surface area contributed by atoms with Crippen molar-refractivity contribution in [3.63, 3.8) is 0 Å². The molecule has 0 bridgehead atoms. The van der Waals surface area contributed by atoms with E-state index in [4.69, 9.17) is 5.26 Å². The molecule has 0 radical (unpaired) electrons. The Morgan fingerprint density at radius 3 is 3.12 bits per heavy atom. The van der Waals surface area contributed by atoms with Gasteiger partial charge in [-0.15, -0.1) is 0 Å². The van der Waals surface area contributed by atoms with Crippen LogP contribution in [-0.2, 0) is 6.54 Å². The first-order valence-corrected chi connectivity index (χ1v) is 5.11. The third-order valence-electron chi connectivity index (χ3n) is 2.27. The summed E-state index contributed by atoms with van der Waals surface area (Å²) in [6, 6.07) is 5.65. The van der Waals surface area contributed by atoms with Crippen LogP contribution in [0.5, 0.6) is 0 Å². The predicted molar refractivity (Wildman–Crippen MR) is 64.2 cm³/mol. The molecule has 17 heavy (non-hydrogen) atoms. The highest BCUT2D eigenvalue weighted by Crippen LogP contribution is 2.12. The number of hydrogen-bond acceptors (Lipinski definition) is 5. The van der Waals surface area contributed by atoms with Crippen LogP contribution in [0.25, 0.3) is 0 Å². The van der Waals surface area contributed by atoms with E-state index in [0.29, 0.717) is 18.2 Å². The summed E-state index contributed by atoms with van der Waals surface area (Å²) in [6.07, 6.45) is 5.28. The summed E-state index contributed by atoms with van der Waals surface area (Å²) in [6.45, 7) is 0.653. The quantitative estimate of drug-likeness (QED) is 0.609. The molecule has 6 nitrogen and oxygen atoms in total. The molecule has 2 rings (SSSR count). The summed E-state index contributed by atoms with van der Waals surface area (Å²) >= 11 is 0. The maximum Gasteiger partial charge on any atom is 0.185 e. The van der Waals surface area contributed by atoms with E-state index in [1.165, 1.54) is 11.2 Å². The highest BCUT2D eigenvalue weighted by atomic mass is 15.2. The van der Waals surface area contributed by atoms with Gasteiger partial charge < -0.3 is 10.3 Å². The minimum absolute atomic E-state index is 0.566. The molecule has 0 aliphatic rings. The Labute approximate surface area is 98.9 Å². The lowest BCUT2D eigenvalue weighted by Gasteiger charge is -2.09. The summed E-state index contributed by atoms with van der Waals surface area (Å²) in [5, 5.41) is 11.9. The summed E-state index contributed by atoms with van der Waals surface area (Å²) in [5.74, 6) is 1.25. The number of hydrogen-bond donors (Lipinski definition) is 2. The predicted octanol–water partition coefficient (Wildman–Crippen LogP) is 1.33. The number of nitriles is 1. The van der Waals surface area contributed by atoms with Crippen molar-refractivity contribution in [1.29, 1.82) is 5.26 Å². The van der Waals surface area contributed by atoms with Crippen LogP contribution in [-0.4, -0.2) is 22.0 Å². The first-order chi connectivity index (χ1) is 8.29. The van der Waals surface area contributed by atoms with Gasteiger partial charge in [0.2, 0.25) is 0 Å². The van der Waals surface area contributed by atoms with Gasteiger partial charge in [-0.05, 0) is 12.1 Å². The second kappa shape index (κ2) is 4.99. The Hall–Kier alpha value is -2.55. The minimum atomic E-state index is 0.566. The molecule has 2 aromatic heterocycles. The smallest absolute Gasteiger partial charge is 0.185 e. The maximum absolute atomic E-state index is 8.75. The molecule has 0 saturated heterocycles. The van der Waals surface area contributed by atoms with Crippen LogP contribution >= 0.6 is 0 Å². The standard InChI is InChI=1S/C11H12N6/c1-17(7-12)11-5-10(15-8-16-11)14-6-9-3-2-4-13-9/h2-5,8,13H,6H2,1H3,(H,14,15,16). The van der Waals surface area contributed by atoms with Crippen LogP contribution in [0.2, 0.25) is 0 Å². The number of aromatic amines is 1. The van der Waals surface area contributed by atoms with Gasteiger partial charge in [-0.25, -0.2) is 9.97 Å². The van der Waals surface area contributed by atoms with Gasteiger partial charge in [-0.1, -0.05) is 0 Å². The molecule has 0 aliphatic heterocycles. The number of nitrogens with zero attached hydrogens (tertiary/aromatic N) is 4. The van der Waals surface area contributed by atoms with E-state index in [2.05, 4.69) is 20.3 Å². The molecule has 0 unspecified atom stereocenters. The molecule has 86 valence electrons. The van der Waals surface area contributed by atoms with Crippen molar-refractivity contribution in [2.75, 3.05) is 17.3 Å². The summed E-state index contributed by atoms with van der Waals surface area (Å²) < 4.78 is 0. The molecule has 2 heterocycles. The summed E-state index contributed by atoms with van der Waals surface area (Å²) in [7, 11) is 1.65. The van der Waals surface area contributed by atoms with Crippen LogP contribution in [0.4, 0.5) is 11.6 Å². The lowest BCUT2D eigenvalue weighted by Crippen LogP contribution is -2.11. The van der Waals surface area contributed by atoms with Gasteiger partial charge in [-0.3, -0.25) is 4.90 Å². The number of aromatic nitrogens is 3. The first-order valence-electron chi connectivity index (χ1n) is 5.11. The fourth-order valence-corrected chi connectivity index (χ4v) is 1.34. The summed E-state index contributed by atoms with van der Waals surface area (Å²) in [5.41, 5.74) is 1.07. The molecule has 0 amide bonds. The minimum Gasteiger partial charge on any atom is -0.364 e. The van der Waals surface area contributed by atoms with Gasteiger partial charge in [0.05, 0.1) is 6.54 Å². The van der Waals surface area contributed by atoms with Crippen molar-refractivity contribution in [3.8, 4) is 6.19 Å². The SMILES string of the molecule is CN(C#N)c1cc(NCc2ccc[nH]2)ncn1. The molecular weight excluding hydrogens is 216 g/mol. The average Bonchev–Trinajstić information content (AvgIpc) is 2.89. The molecule has 0 fully saturated rings. The van der Waals surface area contributed by atoms with Gasteiger partial charge in [0.15, 0.2) is 6.19 Å². The first kappa shape index (κ1) is 11.0. The van der Waals surface area contributed by atoms with Gasteiger partial charge >= 0.3 is 0 Å². The van der Waals surface area contributed by atoms with Crippen molar-refractivity contribution in [2.45, 2.75) is 6.54 Å². The monoisotopic (exact) mass is 228 g/mol. The van der Waals surface area contributed by atoms with Crippen molar-refractivity contribution in [2.24, 2.45) is 0 Å². The van der Waals surface area contributed by atoms with Crippen molar-refractivity contribution in [1.82, 2.24) is 15.0 Å². The third kappa shape index (κ3) is 2.72. The van der Waals surface area contributed by atoms with Crippen LogP contribution in [0.1, 0.15) is 5.69 Å². The Balaban J connectivity index is 2.04. The number of anilines is 2. The number of rotatable bonds is 4. The van der Waals surface area contributed by atoms with E-state index < -0.39 is 0 Å². The number of H-pyrrole nitrogens is 1. The molecule has 0 spiro atoms. The molecule has 6 heteroatoms. The highest BCUT2D eigenvalue weighted by molar-refractivity contribution is 5.50. The van der Waals surface area contributed by atoms with E-state index in [-0.39, 0.29) is 0 Å². The van der Waals surface area contributed by atoms with Crippen molar-refractivity contribution < 1.29 is 0 Å². The van der Waals surface area contributed by atoms with Crippen molar-refractivity contribution in [3.05, 3.63) is 36.4 Å². The van der Waals surface area contributed by atoms with Gasteiger partial charge in [0, 0.05) is 25.0 Å². The Bertz CT molecular complexity index is 513. The highest BCUT2D eigenvalue weighted by Gasteiger charge is 2.03. The second-order valence-electron chi connectivity index (χ2n) is 3.47. The van der Waals surface area contributed by atoms with E-state index in [1.807, 2.05) is 24.5 Å². The Morgan fingerprint density at radius 2 is 2.41 bits per heavy atom. The lowest BCUT2D eigenvalue weighted by atomic mass is 10.4. The lowest BCUT2D eigenvalue weighted by molar-refractivity contribution is 1.03. The van der Waals surface area contributed by atoms with Crippen molar-refractivity contribution >= 4 is 11.6 Å². The fraction of sp³-hybridized carbons (Fsp3) is 0.182. The Kier molecular flexibility index (Phi) is 3.21. The third-order valence-corrected chi connectivity index (χ3v) is 2.27. The zero-order valence-electron chi connectivity index (χ0n) is 9.38. The topological polar surface area (TPSA) is 80.6 Å². The molecule has 0 atom stereocenters. The zero-order valence-corrected chi connectivity index (χ0v) is 9.38. The van der Waals surface area contributed by atoms with Gasteiger partial charge in [0.1, 0.15) is 18.0 Å². The largest absolute Gasteiger partial charge is 0.364 e. The van der Waals surface area contributed by atoms with Gasteiger partial charge in [-0.2, -0.15) is 5.26 Å². The molecule has 2 aromatic rings. The molecule has 0 aromatic carbocycles. The molecule has 2 N–H and O–H groups in total. The van der Waals surface area contributed by atoms with E-state index >= 15 is 0 Å². The average molecular weight is 228 g/mol. The van der Waals surface area contributed by atoms with Crippen LogP contribution in [0.3, 0.4) is 0 Å². The van der Waals surface area contributed by atoms with E-state index in [1.54, 1.807) is 13.1 Å². The van der Waals surface area contributed by atoms with Crippen LogP contribution in [0.15, 0.2) is 30.7 Å². The van der Waals surface area contributed by atoms with E-state index in [0.717, 1.165) is 5.69 Å². The molecular formula is C11H12N6. The second-order valence-corrected chi connectivity index (χ2v) is 3.47. The summed E-state index contributed by atoms with van der Waals surface area (Å²) in [4.78, 5) is 12.5. The molecule has 0 saturated carbocycles. The fourth-order valence-electron chi connectivity index (χ4n) is 1.34. The molecule has 0 aliphatic carbocycles. The maximum atomic E-state index is 8.75. The van der Waals surface area contributed by atoms with E-state index in [9.17, 15) is 0 Å². The normalized spacial score (nSPS) is 9.65. The van der Waals surface area contributed by atoms with Crippen LogP contribution in [0, 0.1) is 11.5 Å². The van der Waals surface area contributed by atoms with Crippen LogP contribution < -0.4 is 10.2 Å². The Morgan fingerprint density at radius 1 is 1.53 bits per heavy atom. The number of nitrogens with one attached hydrogen (secondary N) is 2. The zero-order chi connectivity index (χ0) is 12.1.